The Morgan fingerprint density at radius 3 is 2.71 bits per heavy atom. The number of nitrogens with zero attached hydrogens (tertiary/aromatic N) is 3. The number of nitrogens with two attached hydrogens (primary N) is 1. The number of alkyl halides is 3. The lowest BCUT2D eigenvalue weighted by molar-refractivity contribution is -0.137. The number of rotatable bonds is 5. The molecule has 0 spiro atoms. The van der Waals surface area contributed by atoms with Crippen molar-refractivity contribution in [3.05, 3.63) is 47.3 Å². The first-order valence-corrected chi connectivity index (χ1v) is 6.83. The molecule has 0 fully saturated rings. The molecule has 128 valence electrons. The van der Waals surface area contributed by atoms with Gasteiger partial charge in [-0.2, -0.15) is 13.2 Å². The van der Waals surface area contributed by atoms with Crippen molar-refractivity contribution in [1.82, 2.24) is 20.3 Å². The molecule has 2 amide bonds. The van der Waals surface area contributed by atoms with Crippen LogP contribution in [0.2, 0.25) is 0 Å². The van der Waals surface area contributed by atoms with Crippen molar-refractivity contribution in [2.24, 2.45) is 5.73 Å². The average Bonchev–Trinajstić information content (AvgIpc) is 2.95. The number of primary amides is 1. The van der Waals surface area contributed by atoms with Crippen LogP contribution in [0.4, 0.5) is 13.2 Å². The summed E-state index contributed by atoms with van der Waals surface area (Å²) in [5.74, 6) is -1.36. The maximum Gasteiger partial charge on any atom is 0.416 e. The summed E-state index contributed by atoms with van der Waals surface area (Å²) in [4.78, 5) is 22.7. The standard InChI is InChI=1S/C14H14F3N5O2/c1-8(12(18)23)19-13(24)11-7-22(21-20-11)6-9-3-2-4-10(5-9)14(15,16)17/h2-5,7-8H,6H2,1H3,(H2,18,23)(H,19,24)/t8-/m0/s1. The minimum absolute atomic E-state index is 0.00950. The summed E-state index contributed by atoms with van der Waals surface area (Å²) in [6.07, 6.45) is -3.17. The highest BCUT2D eigenvalue weighted by Crippen LogP contribution is 2.29. The Morgan fingerprint density at radius 2 is 2.08 bits per heavy atom. The molecular formula is C14H14F3N5O2. The van der Waals surface area contributed by atoms with Gasteiger partial charge in [0.2, 0.25) is 5.91 Å². The zero-order valence-electron chi connectivity index (χ0n) is 12.5. The molecule has 0 bridgehead atoms. The van der Waals surface area contributed by atoms with E-state index in [-0.39, 0.29) is 12.2 Å². The van der Waals surface area contributed by atoms with Crippen LogP contribution in [0.5, 0.6) is 0 Å². The van der Waals surface area contributed by atoms with Gasteiger partial charge in [0.15, 0.2) is 5.69 Å². The van der Waals surface area contributed by atoms with Crippen molar-refractivity contribution >= 4 is 11.8 Å². The molecule has 0 aliphatic heterocycles. The molecule has 3 N–H and O–H groups in total. The summed E-state index contributed by atoms with van der Waals surface area (Å²) in [7, 11) is 0. The van der Waals surface area contributed by atoms with E-state index in [4.69, 9.17) is 5.73 Å². The number of carbonyl (C=O) groups excluding carboxylic acids is 2. The van der Waals surface area contributed by atoms with Crippen molar-refractivity contribution in [2.45, 2.75) is 25.7 Å². The van der Waals surface area contributed by atoms with Crippen molar-refractivity contribution in [3.8, 4) is 0 Å². The normalized spacial score (nSPS) is 12.7. The molecule has 0 aliphatic rings. The smallest absolute Gasteiger partial charge is 0.368 e. The van der Waals surface area contributed by atoms with E-state index >= 15 is 0 Å². The van der Waals surface area contributed by atoms with E-state index in [1.54, 1.807) is 0 Å². The first kappa shape index (κ1) is 17.4. The molecule has 1 atom stereocenters. The maximum atomic E-state index is 12.7. The molecule has 24 heavy (non-hydrogen) atoms. The monoisotopic (exact) mass is 341 g/mol. The average molecular weight is 341 g/mol. The topological polar surface area (TPSA) is 103 Å². The number of hydrogen-bond acceptors (Lipinski definition) is 4. The van der Waals surface area contributed by atoms with Gasteiger partial charge in [-0.05, 0) is 24.6 Å². The second-order valence-corrected chi connectivity index (χ2v) is 5.10. The van der Waals surface area contributed by atoms with Gasteiger partial charge in [0.25, 0.3) is 5.91 Å². The summed E-state index contributed by atoms with van der Waals surface area (Å²) in [5.41, 5.74) is 4.54. The van der Waals surface area contributed by atoms with Crippen LogP contribution in [-0.2, 0) is 17.5 Å². The number of nitrogens with one attached hydrogen (secondary N) is 1. The Morgan fingerprint density at radius 1 is 1.38 bits per heavy atom. The Hall–Kier alpha value is -2.91. The van der Waals surface area contributed by atoms with Crippen LogP contribution >= 0.6 is 0 Å². The molecule has 10 heteroatoms. The van der Waals surface area contributed by atoms with Gasteiger partial charge in [0.1, 0.15) is 6.04 Å². The van der Waals surface area contributed by atoms with Gasteiger partial charge < -0.3 is 11.1 Å². The van der Waals surface area contributed by atoms with Gasteiger partial charge in [-0.25, -0.2) is 4.68 Å². The van der Waals surface area contributed by atoms with Crippen LogP contribution in [0.15, 0.2) is 30.5 Å². The van der Waals surface area contributed by atoms with E-state index in [1.807, 2.05) is 0 Å². The van der Waals surface area contributed by atoms with Crippen molar-refractivity contribution in [1.29, 1.82) is 0 Å². The number of carbonyl (C=O) groups is 2. The van der Waals surface area contributed by atoms with E-state index in [9.17, 15) is 22.8 Å². The van der Waals surface area contributed by atoms with Crippen LogP contribution < -0.4 is 11.1 Å². The molecule has 2 aromatic rings. The highest BCUT2D eigenvalue weighted by atomic mass is 19.4. The maximum absolute atomic E-state index is 12.7. The molecule has 0 saturated heterocycles. The highest BCUT2D eigenvalue weighted by molar-refractivity contribution is 5.95. The molecular weight excluding hydrogens is 327 g/mol. The SMILES string of the molecule is C[C@H](NC(=O)c1cn(Cc2cccc(C(F)(F)F)c2)nn1)C(N)=O. The van der Waals surface area contributed by atoms with E-state index in [0.29, 0.717) is 5.56 Å². The number of aromatic nitrogens is 3. The summed E-state index contributed by atoms with van der Waals surface area (Å²) in [6, 6.07) is 3.88. The third-order valence-corrected chi connectivity index (χ3v) is 3.14. The molecule has 0 saturated carbocycles. The second kappa shape index (κ2) is 6.69. The molecule has 1 aromatic heterocycles. The molecule has 1 aromatic carbocycles. The minimum Gasteiger partial charge on any atom is -0.368 e. The quantitative estimate of drug-likeness (QED) is 0.845. The predicted molar refractivity (Wildman–Crippen MR) is 76.7 cm³/mol. The van der Waals surface area contributed by atoms with Gasteiger partial charge in [0, 0.05) is 0 Å². The number of benzene rings is 1. The third kappa shape index (κ3) is 4.31. The molecule has 7 nitrogen and oxygen atoms in total. The Bertz CT molecular complexity index is 757. The summed E-state index contributed by atoms with van der Waals surface area (Å²) >= 11 is 0. The molecule has 0 radical (unpaired) electrons. The first-order chi connectivity index (χ1) is 11.2. The van der Waals surface area contributed by atoms with E-state index in [1.165, 1.54) is 29.9 Å². The van der Waals surface area contributed by atoms with Crippen LogP contribution in [0.3, 0.4) is 0 Å². The highest BCUT2D eigenvalue weighted by Gasteiger charge is 2.30. The minimum atomic E-state index is -4.44. The lowest BCUT2D eigenvalue weighted by Gasteiger charge is -2.08. The largest absolute Gasteiger partial charge is 0.416 e. The van der Waals surface area contributed by atoms with Crippen LogP contribution in [0.1, 0.15) is 28.5 Å². The predicted octanol–water partition coefficient (Wildman–Crippen LogP) is 0.949. The lowest BCUT2D eigenvalue weighted by atomic mass is 10.1. The van der Waals surface area contributed by atoms with Gasteiger partial charge in [-0.15, -0.1) is 5.10 Å². The fourth-order valence-corrected chi connectivity index (χ4v) is 1.85. The van der Waals surface area contributed by atoms with Gasteiger partial charge in [-0.3, -0.25) is 9.59 Å². The Kier molecular flexibility index (Phi) is 4.86. The van der Waals surface area contributed by atoms with Crippen molar-refractivity contribution in [2.75, 3.05) is 0 Å². The lowest BCUT2D eigenvalue weighted by Crippen LogP contribution is -2.42. The number of hydrogen-bond donors (Lipinski definition) is 2. The number of amides is 2. The molecule has 2 rings (SSSR count). The Labute approximate surface area is 134 Å². The first-order valence-electron chi connectivity index (χ1n) is 6.83. The molecule has 1 heterocycles. The van der Waals surface area contributed by atoms with Gasteiger partial charge >= 0.3 is 6.18 Å². The van der Waals surface area contributed by atoms with Crippen LogP contribution in [0.25, 0.3) is 0 Å². The fourth-order valence-electron chi connectivity index (χ4n) is 1.85. The van der Waals surface area contributed by atoms with Crippen LogP contribution in [-0.4, -0.2) is 32.9 Å². The number of halogens is 3. The molecule has 0 aliphatic carbocycles. The van der Waals surface area contributed by atoms with Gasteiger partial charge in [-0.1, -0.05) is 17.3 Å². The zero-order chi connectivity index (χ0) is 17.9. The van der Waals surface area contributed by atoms with Crippen molar-refractivity contribution < 1.29 is 22.8 Å². The van der Waals surface area contributed by atoms with Gasteiger partial charge in [0.05, 0.1) is 18.3 Å². The summed E-state index contributed by atoms with van der Waals surface area (Å²) in [5, 5.41) is 9.63. The molecule has 0 unspecified atom stereocenters. The second-order valence-electron chi connectivity index (χ2n) is 5.10. The fraction of sp³-hybridized carbons (Fsp3) is 0.286. The summed E-state index contributed by atoms with van der Waals surface area (Å²) < 4.78 is 39.3. The van der Waals surface area contributed by atoms with E-state index in [0.717, 1.165) is 12.1 Å². The van der Waals surface area contributed by atoms with E-state index in [2.05, 4.69) is 15.6 Å². The van der Waals surface area contributed by atoms with E-state index < -0.39 is 29.6 Å². The zero-order valence-corrected chi connectivity index (χ0v) is 12.5. The third-order valence-electron chi connectivity index (χ3n) is 3.14. The Balaban J connectivity index is 2.09. The van der Waals surface area contributed by atoms with Crippen LogP contribution in [0, 0.1) is 0 Å². The van der Waals surface area contributed by atoms with Crippen molar-refractivity contribution in [3.63, 3.8) is 0 Å². The summed E-state index contributed by atoms with van der Waals surface area (Å²) in [6.45, 7) is 1.42.